The third-order valence-electron chi connectivity index (χ3n) is 1.81. The van der Waals surface area contributed by atoms with E-state index in [0.717, 1.165) is 11.1 Å². The third kappa shape index (κ3) is 4.39. The maximum Gasteiger partial charge on any atom is 0.135 e. The van der Waals surface area contributed by atoms with Gasteiger partial charge in [0.2, 0.25) is 0 Å². The summed E-state index contributed by atoms with van der Waals surface area (Å²) in [4.78, 5) is 3.92. The van der Waals surface area contributed by atoms with Gasteiger partial charge in [-0.2, -0.15) is 0 Å². The van der Waals surface area contributed by atoms with Crippen molar-refractivity contribution in [2.24, 2.45) is 5.73 Å². The normalized spacial score (nSPS) is 11.7. The molecule has 1 heterocycles. The third-order valence-corrected chi connectivity index (χ3v) is 2.32. The number of rotatable bonds is 3. The minimum Gasteiger partial charge on any atom is -0.324 e. The maximum atomic E-state index is 5.92. The SMILES string of the molecule is C=C(C)C[C@H](N)c1ccc(Cl)nc1Cl.Cl. The van der Waals surface area contributed by atoms with E-state index in [2.05, 4.69) is 11.6 Å². The van der Waals surface area contributed by atoms with Crippen LogP contribution in [0.3, 0.4) is 0 Å². The van der Waals surface area contributed by atoms with Crippen LogP contribution in [0, 0.1) is 0 Å². The molecular weight excluding hydrogens is 254 g/mol. The molecule has 1 aromatic rings. The number of hydrogen-bond donors (Lipinski definition) is 1. The highest BCUT2D eigenvalue weighted by Gasteiger charge is 2.11. The van der Waals surface area contributed by atoms with E-state index in [-0.39, 0.29) is 18.4 Å². The molecule has 0 aliphatic rings. The largest absolute Gasteiger partial charge is 0.324 e. The molecule has 2 N–H and O–H groups in total. The number of nitrogens with zero attached hydrogens (tertiary/aromatic N) is 1. The fourth-order valence-corrected chi connectivity index (χ4v) is 1.67. The van der Waals surface area contributed by atoms with Crippen LogP contribution in [0.15, 0.2) is 24.3 Å². The Bertz CT molecular complexity index is 353. The zero-order valence-corrected chi connectivity index (χ0v) is 10.7. The Labute approximate surface area is 106 Å². The van der Waals surface area contributed by atoms with E-state index in [9.17, 15) is 0 Å². The Balaban J connectivity index is 0.00000196. The molecule has 0 aliphatic heterocycles. The van der Waals surface area contributed by atoms with Gasteiger partial charge in [0.25, 0.3) is 0 Å². The number of aromatic nitrogens is 1. The van der Waals surface area contributed by atoms with Gasteiger partial charge in [-0.15, -0.1) is 19.0 Å². The van der Waals surface area contributed by atoms with Gasteiger partial charge in [0.05, 0.1) is 0 Å². The van der Waals surface area contributed by atoms with E-state index in [1.807, 2.05) is 6.92 Å². The van der Waals surface area contributed by atoms with E-state index >= 15 is 0 Å². The molecular formula is C10H13Cl3N2. The van der Waals surface area contributed by atoms with Gasteiger partial charge in [-0.1, -0.05) is 34.8 Å². The Morgan fingerprint density at radius 3 is 2.60 bits per heavy atom. The quantitative estimate of drug-likeness (QED) is 0.669. The van der Waals surface area contributed by atoms with Crippen molar-refractivity contribution in [2.75, 3.05) is 0 Å². The topological polar surface area (TPSA) is 38.9 Å². The van der Waals surface area contributed by atoms with Crippen LogP contribution in [0.4, 0.5) is 0 Å². The molecule has 0 unspecified atom stereocenters. The van der Waals surface area contributed by atoms with Crippen molar-refractivity contribution in [3.05, 3.63) is 40.2 Å². The summed E-state index contributed by atoms with van der Waals surface area (Å²) < 4.78 is 0. The number of hydrogen-bond acceptors (Lipinski definition) is 2. The van der Waals surface area contributed by atoms with E-state index in [4.69, 9.17) is 28.9 Å². The fourth-order valence-electron chi connectivity index (χ4n) is 1.18. The molecule has 15 heavy (non-hydrogen) atoms. The molecule has 0 bridgehead atoms. The number of halogens is 3. The number of nitrogens with two attached hydrogens (primary N) is 1. The smallest absolute Gasteiger partial charge is 0.135 e. The fraction of sp³-hybridized carbons (Fsp3) is 0.300. The lowest BCUT2D eigenvalue weighted by molar-refractivity contribution is 0.714. The Morgan fingerprint density at radius 1 is 1.53 bits per heavy atom. The molecule has 0 amide bonds. The van der Waals surface area contributed by atoms with Gasteiger partial charge in [0.1, 0.15) is 10.3 Å². The zero-order chi connectivity index (χ0) is 10.7. The molecule has 0 spiro atoms. The summed E-state index contributed by atoms with van der Waals surface area (Å²) in [7, 11) is 0. The lowest BCUT2D eigenvalue weighted by Gasteiger charge is -2.12. The van der Waals surface area contributed by atoms with Crippen LogP contribution >= 0.6 is 35.6 Å². The minimum atomic E-state index is -0.162. The molecule has 84 valence electrons. The van der Waals surface area contributed by atoms with E-state index in [0.29, 0.717) is 16.7 Å². The van der Waals surface area contributed by atoms with Crippen molar-refractivity contribution in [1.29, 1.82) is 0 Å². The van der Waals surface area contributed by atoms with Crippen LogP contribution in [0.5, 0.6) is 0 Å². The van der Waals surface area contributed by atoms with Gasteiger partial charge in [0, 0.05) is 11.6 Å². The van der Waals surface area contributed by atoms with Crippen molar-refractivity contribution in [3.63, 3.8) is 0 Å². The van der Waals surface area contributed by atoms with Crippen LogP contribution in [0.2, 0.25) is 10.3 Å². The molecule has 2 nitrogen and oxygen atoms in total. The predicted octanol–water partition coefficient (Wildman–Crippen LogP) is 3.78. The van der Waals surface area contributed by atoms with Gasteiger partial charge in [0.15, 0.2) is 0 Å². The summed E-state index contributed by atoms with van der Waals surface area (Å²) in [6, 6.07) is 3.32. The Kier molecular flexibility index (Phi) is 6.22. The Morgan fingerprint density at radius 2 is 2.13 bits per heavy atom. The molecule has 1 aromatic heterocycles. The highest BCUT2D eigenvalue weighted by Crippen LogP contribution is 2.25. The van der Waals surface area contributed by atoms with Crippen molar-refractivity contribution in [2.45, 2.75) is 19.4 Å². The summed E-state index contributed by atoms with van der Waals surface area (Å²) in [5.41, 5.74) is 7.74. The van der Waals surface area contributed by atoms with Crippen molar-refractivity contribution in [3.8, 4) is 0 Å². The summed E-state index contributed by atoms with van der Waals surface area (Å²) in [5, 5.41) is 0.743. The second-order valence-electron chi connectivity index (χ2n) is 3.28. The molecule has 0 radical (unpaired) electrons. The van der Waals surface area contributed by atoms with Crippen molar-refractivity contribution < 1.29 is 0 Å². The van der Waals surface area contributed by atoms with Crippen LogP contribution in [-0.4, -0.2) is 4.98 Å². The van der Waals surface area contributed by atoms with Gasteiger partial charge >= 0.3 is 0 Å². The standard InChI is InChI=1S/C10H12Cl2N2.ClH/c1-6(2)5-8(13)7-3-4-9(11)14-10(7)12;/h3-4,8H,1,5,13H2,2H3;1H/t8-;/m0./s1. The lowest BCUT2D eigenvalue weighted by atomic mass is 10.0. The summed E-state index contributed by atoms with van der Waals surface area (Å²) >= 11 is 11.6. The van der Waals surface area contributed by atoms with Crippen LogP contribution in [-0.2, 0) is 0 Å². The highest BCUT2D eigenvalue weighted by atomic mass is 35.5. The first-order chi connectivity index (χ1) is 6.50. The Hall–Kier alpha value is -0.280. The van der Waals surface area contributed by atoms with Crippen molar-refractivity contribution in [1.82, 2.24) is 4.98 Å². The van der Waals surface area contributed by atoms with E-state index in [1.165, 1.54) is 0 Å². The van der Waals surface area contributed by atoms with Crippen molar-refractivity contribution >= 4 is 35.6 Å². The number of pyridine rings is 1. The lowest BCUT2D eigenvalue weighted by Crippen LogP contribution is -2.11. The van der Waals surface area contributed by atoms with Gasteiger partial charge in [-0.25, -0.2) is 4.98 Å². The summed E-state index contributed by atoms with van der Waals surface area (Å²) in [5.74, 6) is 0. The molecule has 0 saturated carbocycles. The predicted molar refractivity (Wildman–Crippen MR) is 67.9 cm³/mol. The average Bonchev–Trinajstić information content (AvgIpc) is 2.01. The molecule has 0 aromatic carbocycles. The average molecular weight is 268 g/mol. The molecule has 5 heteroatoms. The van der Waals surface area contributed by atoms with Gasteiger partial charge < -0.3 is 5.73 Å². The second kappa shape index (κ2) is 6.33. The van der Waals surface area contributed by atoms with E-state index < -0.39 is 0 Å². The molecule has 1 atom stereocenters. The zero-order valence-electron chi connectivity index (χ0n) is 8.34. The summed E-state index contributed by atoms with van der Waals surface area (Å²) in [6.45, 7) is 5.73. The minimum absolute atomic E-state index is 0. The van der Waals surface area contributed by atoms with Gasteiger partial charge in [-0.05, 0) is 19.4 Å². The van der Waals surface area contributed by atoms with Crippen LogP contribution in [0.1, 0.15) is 24.9 Å². The molecule has 0 fully saturated rings. The van der Waals surface area contributed by atoms with Crippen LogP contribution in [0.25, 0.3) is 0 Å². The van der Waals surface area contributed by atoms with E-state index in [1.54, 1.807) is 12.1 Å². The molecule has 1 rings (SSSR count). The van der Waals surface area contributed by atoms with Crippen LogP contribution < -0.4 is 5.73 Å². The maximum absolute atomic E-state index is 5.92. The molecule has 0 aliphatic carbocycles. The monoisotopic (exact) mass is 266 g/mol. The first kappa shape index (κ1) is 14.7. The summed E-state index contributed by atoms with van der Waals surface area (Å²) in [6.07, 6.45) is 0.697. The molecule has 0 saturated heterocycles. The highest BCUT2D eigenvalue weighted by molar-refractivity contribution is 6.32. The first-order valence-corrected chi connectivity index (χ1v) is 4.98. The first-order valence-electron chi connectivity index (χ1n) is 4.22. The second-order valence-corrected chi connectivity index (χ2v) is 4.03. The van der Waals surface area contributed by atoms with Gasteiger partial charge in [-0.3, -0.25) is 0 Å².